The smallest absolute Gasteiger partial charge is 0.236 e. The molecule has 3 aromatic heterocycles. The van der Waals surface area contributed by atoms with E-state index < -0.39 is 0 Å². The van der Waals surface area contributed by atoms with Gasteiger partial charge in [0.25, 0.3) is 0 Å². The first-order valence-electron chi connectivity index (χ1n) is 9.80. The number of thioether (sulfide) groups is 1. The van der Waals surface area contributed by atoms with E-state index in [0.717, 1.165) is 43.2 Å². The molecule has 0 unspecified atom stereocenters. The molecule has 0 saturated carbocycles. The normalized spacial score (nSPS) is 11.1. The molecule has 0 saturated heterocycles. The highest BCUT2D eigenvalue weighted by atomic mass is 79.9. The molecule has 4 aromatic rings. The lowest BCUT2D eigenvalue weighted by Crippen LogP contribution is -2.16. The number of nitrogens with one attached hydrogen (secondary N) is 1. The summed E-state index contributed by atoms with van der Waals surface area (Å²) >= 11 is 4.83. The van der Waals surface area contributed by atoms with Crippen LogP contribution in [0.5, 0.6) is 0 Å². The number of aryl methyl sites for hydroxylation is 4. The van der Waals surface area contributed by atoms with Gasteiger partial charge in [-0.25, -0.2) is 15.0 Å². The van der Waals surface area contributed by atoms with Crippen LogP contribution in [0.3, 0.4) is 0 Å². The molecule has 0 aliphatic heterocycles. The summed E-state index contributed by atoms with van der Waals surface area (Å²) in [5, 5.41) is 3.59. The predicted molar refractivity (Wildman–Crippen MR) is 129 cm³/mol. The van der Waals surface area contributed by atoms with Crippen LogP contribution >= 0.6 is 27.7 Å². The van der Waals surface area contributed by atoms with E-state index in [1.165, 1.54) is 17.3 Å². The number of aromatic nitrogens is 4. The fraction of sp³-hybridized carbons (Fsp3) is 0.217. The summed E-state index contributed by atoms with van der Waals surface area (Å²) in [7, 11) is 0. The number of carbonyl (C=O) groups excluding carboxylic acids is 1. The van der Waals surface area contributed by atoms with Crippen LogP contribution in [0.2, 0.25) is 0 Å². The minimum atomic E-state index is -0.147. The monoisotopic (exact) mass is 495 g/mol. The van der Waals surface area contributed by atoms with Crippen molar-refractivity contribution < 1.29 is 4.79 Å². The van der Waals surface area contributed by atoms with Crippen LogP contribution < -0.4 is 5.32 Å². The van der Waals surface area contributed by atoms with Gasteiger partial charge in [-0.15, -0.1) is 0 Å². The molecule has 0 fully saturated rings. The molecule has 4 rings (SSSR count). The SMILES string of the molecule is Cc1cc(C)c(-n2c(SCC(=O)Nc3ncc(C)cc3Br)nc3cccnc32)c(C)c1. The molecule has 0 aliphatic carbocycles. The molecule has 6 nitrogen and oxygen atoms in total. The fourth-order valence-corrected chi connectivity index (χ4v) is 5.00. The maximum atomic E-state index is 12.6. The van der Waals surface area contributed by atoms with Crippen LogP contribution in [0.1, 0.15) is 22.3 Å². The number of hydrogen-bond acceptors (Lipinski definition) is 5. The number of halogens is 1. The molecule has 1 amide bonds. The van der Waals surface area contributed by atoms with E-state index in [4.69, 9.17) is 4.98 Å². The maximum absolute atomic E-state index is 12.6. The summed E-state index contributed by atoms with van der Waals surface area (Å²) in [5.74, 6) is 0.567. The van der Waals surface area contributed by atoms with Gasteiger partial charge in [-0.1, -0.05) is 29.5 Å². The molecule has 0 radical (unpaired) electrons. The average Bonchev–Trinajstić information content (AvgIpc) is 3.06. The number of benzene rings is 1. The third kappa shape index (κ3) is 4.50. The van der Waals surface area contributed by atoms with E-state index in [9.17, 15) is 4.79 Å². The summed E-state index contributed by atoms with van der Waals surface area (Å²) in [5.41, 5.74) is 7.14. The molecule has 0 atom stereocenters. The van der Waals surface area contributed by atoms with Crippen molar-refractivity contribution in [2.75, 3.05) is 11.1 Å². The molecule has 0 bridgehead atoms. The number of nitrogens with zero attached hydrogens (tertiary/aromatic N) is 4. The number of anilines is 1. The third-order valence-electron chi connectivity index (χ3n) is 4.81. The van der Waals surface area contributed by atoms with Crippen molar-refractivity contribution in [3.63, 3.8) is 0 Å². The Bertz CT molecular complexity index is 1280. The molecule has 0 aliphatic rings. The van der Waals surface area contributed by atoms with Gasteiger partial charge in [0, 0.05) is 12.4 Å². The lowest BCUT2D eigenvalue weighted by molar-refractivity contribution is -0.113. The highest BCUT2D eigenvalue weighted by Crippen LogP contribution is 2.31. The van der Waals surface area contributed by atoms with Crippen LogP contribution in [0.15, 0.2) is 52.4 Å². The van der Waals surface area contributed by atoms with Gasteiger partial charge in [0.2, 0.25) is 5.91 Å². The highest BCUT2D eigenvalue weighted by Gasteiger charge is 2.19. The van der Waals surface area contributed by atoms with Gasteiger partial charge in [-0.05, 0) is 78.5 Å². The topological polar surface area (TPSA) is 72.7 Å². The molecular formula is C23H22BrN5OS. The van der Waals surface area contributed by atoms with Gasteiger partial charge in [-0.2, -0.15) is 0 Å². The lowest BCUT2D eigenvalue weighted by atomic mass is 10.1. The van der Waals surface area contributed by atoms with Crippen molar-refractivity contribution in [2.24, 2.45) is 0 Å². The minimum Gasteiger partial charge on any atom is -0.309 e. The van der Waals surface area contributed by atoms with Crippen LogP contribution in [-0.2, 0) is 4.79 Å². The molecule has 3 heterocycles. The summed E-state index contributed by atoms with van der Waals surface area (Å²) in [6, 6.07) is 10.0. The Labute approximate surface area is 193 Å². The van der Waals surface area contributed by atoms with Crippen LogP contribution in [0.25, 0.3) is 16.9 Å². The maximum Gasteiger partial charge on any atom is 0.236 e. The molecule has 31 heavy (non-hydrogen) atoms. The number of hydrogen-bond donors (Lipinski definition) is 1. The summed E-state index contributed by atoms with van der Waals surface area (Å²) in [4.78, 5) is 26.2. The fourth-order valence-electron chi connectivity index (χ4n) is 3.64. The second-order valence-electron chi connectivity index (χ2n) is 7.50. The van der Waals surface area contributed by atoms with E-state index >= 15 is 0 Å². The second kappa shape index (κ2) is 8.80. The van der Waals surface area contributed by atoms with Crippen molar-refractivity contribution in [3.8, 4) is 5.69 Å². The van der Waals surface area contributed by atoms with E-state index in [-0.39, 0.29) is 11.7 Å². The standard InChI is InChI=1S/C23H22BrN5OS/c1-13-8-15(3)20(16(4)9-13)29-22-18(6-5-7-25-22)27-23(29)31-12-19(30)28-21-17(24)10-14(2)11-26-21/h5-11H,12H2,1-4H3,(H,26,28,30). The van der Waals surface area contributed by atoms with Gasteiger partial charge in [0.15, 0.2) is 10.8 Å². The Kier molecular flexibility index (Phi) is 6.11. The van der Waals surface area contributed by atoms with Crippen molar-refractivity contribution in [3.05, 3.63) is 69.5 Å². The first kappa shape index (κ1) is 21.5. The second-order valence-corrected chi connectivity index (χ2v) is 9.30. The largest absolute Gasteiger partial charge is 0.309 e. The van der Waals surface area contributed by atoms with Gasteiger partial charge < -0.3 is 5.32 Å². The predicted octanol–water partition coefficient (Wildman–Crippen LogP) is 5.54. The van der Waals surface area contributed by atoms with Crippen LogP contribution in [-0.4, -0.2) is 31.2 Å². The zero-order chi connectivity index (χ0) is 22.1. The van der Waals surface area contributed by atoms with E-state index in [1.54, 1.807) is 12.4 Å². The minimum absolute atomic E-state index is 0.147. The van der Waals surface area contributed by atoms with E-state index in [2.05, 4.69) is 68.7 Å². The van der Waals surface area contributed by atoms with Gasteiger partial charge in [0.05, 0.1) is 15.9 Å². The van der Waals surface area contributed by atoms with E-state index in [1.807, 2.05) is 25.1 Å². The molecule has 1 N–H and O–H groups in total. The Morgan fingerprint density at radius 1 is 1.10 bits per heavy atom. The molecule has 0 spiro atoms. The third-order valence-corrected chi connectivity index (χ3v) is 6.36. The first-order chi connectivity index (χ1) is 14.8. The molecule has 1 aromatic carbocycles. The quantitative estimate of drug-likeness (QED) is 0.367. The number of pyridine rings is 2. The summed E-state index contributed by atoms with van der Waals surface area (Å²) in [6.45, 7) is 8.22. The van der Waals surface area contributed by atoms with Crippen LogP contribution in [0.4, 0.5) is 5.82 Å². The lowest BCUT2D eigenvalue weighted by Gasteiger charge is -2.15. The number of carbonyl (C=O) groups is 1. The zero-order valence-electron chi connectivity index (χ0n) is 17.7. The summed E-state index contributed by atoms with van der Waals surface area (Å²) < 4.78 is 2.81. The van der Waals surface area contributed by atoms with Gasteiger partial charge in [0.1, 0.15) is 11.3 Å². The van der Waals surface area contributed by atoms with Crippen molar-refractivity contribution in [2.45, 2.75) is 32.9 Å². The Balaban J connectivity index is 1.66. The molecular weight excluding hydrogens is 474 g/mol. The zero-order valence-corrected chi connectivity index (χ0v) is 20.1. The van der Waals surface area contributed by atoms with Gasteiger partial charge in [-0.3, -0.25) is 9.36 Å². The Hall–Kier alpha value is -2.71. The summed E-state index contributed by atoms with van der Waals surface area (Å²) in [6.07, 6.45) is 3.49. The number of imidazole rings is 1. The number of fused-ring (bicyclic) bond motifs is 1. The van der Waals surface area contributed by atoms with Crippen molar-refractivity contribution in [1.29, 1.82) is 0 Å². The first-order valence-corrected chi connectivity index (χ1v) is 11.6. The average molecular weight is 496 g/mol. The van der Waals surface area contributed by atoms with Crippen molar-refractivity contribution in [1.82, 2.24) is 19.5 Å². The van der Waals surface area contributed by atoms with Crippen molar-refractivity contribution >= 4 is 50.6 Å². The molecule has 158 valence electrons. The van der Waals surface area contributed by atoms with E-state index in [0.29, 0.717) is 5.82 Å². The van der Waals surface area contributed by atoms with Crippen LogP contribution in [0, 0.1) is 27.7 Å². The Morgan fingerprint density at radius 2 is 1.84 bits per heavy atom. The number of rotatable bonds is 5. The highest BCUT2D eigenvalue weighted by molar-refractivity contribution is 9.10. The number of amides is 1. The Morgan fingerprint density at radius 3 is 2.55 bits per heavy atom. The van der Waals surface area contributed by atoms with Gasteiger partial charge >= 0.3 is 0 Å². The molecule has 8 heteroatoms.